The molecule has 1 amide bonds. The molecule has 5 nitrogen and oxygen atoms in total. The second kappa shape index (κ2) is 9.44. The highest BCUT2D eigenvalue weighted by molar-refractivity contribution is 7.92. The van der Waals surface area contributed by atoms with Crippen LogP contribution in [0.5, 0.6) is 0 Å². The van der Waals surface area contributed by atoms with Crippen molar-refractivity contribution in [3.05, 3.63) is 64.2 Å². The fraction of sp³-hybridized carbons (Fsp3) is 0.435. The van der Waals surface area contributed by atoms with Crippen molar-refractivity contribution >= 4 is 21.6 Å². The van der Waals surface area contributed by atoms with Gasteiger partial charge in [0.05, 0.1) is 11.9 Å². The van der Waals surface area contributed by atoms with Crippen LogP contribution in [0.15, 0.2) is 36.4 Å². The summed E-state index contributed by atoms with van der Waals surface area (Å²) in [5.41, 5.74) is 5.88. The van der Waals surface area contributed by atoms with Crippen LogP contribution < -0.4 is 9.62 Å². The molecular formula is C23H32N2O3S. The number of anilines is 1. The van der Waals surface area contributed by atoms with Crippen LogP contribution in [0.1, 0.15) is 48.6 Å². The van der Waals surface area contributed by atoms with Crippen molar-refractivity contribution in [1.29, 1.82) is 0 Å². The van der Waals surface area contributed by atoms with E-state index in [2.05, 4.69) is 37.4 Å². The number of benzene rings is 2. The summed E-state index contributed by atoms with van der Waals surface area (Å²) in [7, 11) is -3.63. The van der Waals surface area contributed by atoms with Gasteiger partial charge in [-0.2, -0.15) is 0 Å². The molecule has 2 aromatic rings. The van der Waals surface area contributed by atoms with Gasteiger partial charge in [0, 0.05) is 6.54 Å². The van der Waals surface area contributed by atoms with Gasteiger partial charge in [0.15, 0.2) is 0 Å². The molecule has 0 aliphatic carbocycles. The van der Waals surface area contributed by atoms with Crippen molar-refractivity contribution in [3.8, 4) is 0 Å². The Morgan fingerprint density at radius 3 is 2.14 bits per heavy atom. The third kappa shape index (κ3) is 5.82. The number of sulfonamides is 1. The van der Waals surface area contributed by atoms with E-state index >= 15 is 0 Å². The molecule has 2 aromatic carbocycles. The van der Waals surface area contributed by atoms with Gasteiger partial charge in [0.1, 0.15) is 6.04 Å². The first-order valence-electron chi connectivity index (χ1n) is 10.0. The molecule has 0 aliphatic rings. The number of carbonyl (C=O) groups excluding carboxylic acids is 1. The quantitative estimate of drug-likeness (QED) is 0.710. The van der Waals surface area contributed by atoms with E-state index in [-0.39, 0.29) is 5.91 Å². The maximum atomic E-state index is 12.9. The number of amides is 1. The molecule has 1 atom stereocenters. The Morgan fingerprint density at radius 1 is 1.00 bits per heavy atom. The number of aryl methyl sites for hydroxylation is 4. The molecule has 0 spiro atoms. The zero-order valence-electron chi connectivity index (χ0n) is 18.2. The molecule has 29 heavy (non-hydrogen) atoms. The lowest BCUT2D eigenvalue weighted by Crippen LogP contribution is -2.47. The molecule has 1 N–H and O–H groups in total. The SMILES string of the molecule is CCc1ccc(CC)c(CNC(=O)[C@H](C)N(c2cc(C)cc(C)c2)S(C)(=O)=O)c1. The summed E-state index contributed by atoms with van der Waals surface area (Å²) in [6, 6.07) is 11.0. The van der Waals surface area contributed by atoms with Crippen LogP contribution in [-0.4, -0.2) is 26.6 Å². The Kier molecular flexibility index (Phi) is 7.47. The first kappa shape index (κ1) is 22.9. The molecule has 0 aliphatic heterocycles. The topological polar surface area (TPSA) is 66.5 Å². The zero-order chi connectivity index (χ0) is 21.8. The molecule has 0 saturated heterocycles. The van der Waals surface area contributed by atoms with Crippen LogP contribution in [0.4, 0.5) is 5.69 Å². The number of hydrogen-bond donors (Lipinski definition) is 1. The van der Waals surface area contributed by atoms with Crippen LogP contribution in [0.25, 0.3) is 0 Å². The number of nitrogens with zero attached hydrogens (tertiary/aromatic N) is 1. The average molecular weight is 417 g/mol. The maximum Gasteiger partial charge on any atom is 0.243 e. The number of nitrogens with one attached hydrogen (secondary N) is 1. The van der Waals surface area contributed by atoms with Crippen LogP contribution >= 0.6 is 0 Å². The van der Waals surface area contributed by atoms with E-state index in [9.17, 15) is 13.2 Å². The van der Waals surface area contributed by atoms with Crippen molar-refractivity contribution in [1.82, 2.24) is 5.32 Å². The predicted octanol–water partition coefficient (Wildman–Crippen LogP) is 3.90. The molecule has 6 heteroatoms. The summed E-state index contributed by atoms with van der Waals surface area (Å²) in [5.74, 6) is -0.321. The van der Waals surface area contributed by atoms with E-state index in [4.69, 9.17) is 0 Å². The van der Waals surface area contributed by atoms with Crippen LogP contribution in [-0.2, 0) is 34.2 Å². The van der Waals surface area contributed by atoms with Crippen LogP contribution in [0.2, 0.25) is 0 Å². The van der Waals surface area contributed by atoms with Gasteiger partial charge in [-0.25, -0.2) is 8.42 Å². The number of rotatable bonds is 8. The van der Waals surface area contributed by atoms with E-state index in [1.54, 1.807) is 19.1 Å². The lowest BCUT2D eigenvalue weighted by molar-refractivity contribution is -0.122. The summed E-state index contributed by atoms with van der Waals surface area (Å²) >= 11 is 0. The van der Waals surface area contributed by atoms with Gasteiger partial charge >= 0.3 is 0 Å². The maximum absolute atomic E-state index is 12.9. The lowest BCUT2D eigenvalue weighted by atomic mass is 10.0. The van der Waals surface area contributed by atoms with Crippen LogP contribution in [0, 0.1) is 13.8 Å². The Balaban J connectivity index is 2.26. The molecule has 0 heterocycles. The van der Waals surface area contributed by atoms with Gasteiger partial charge in [-0.1, -0.05) is 38.1 Å². The Labute approximate surface area is 175 Å². The smallest absolute Gasteiger partial charge is 0.243 e. The molecule has 0 saturated carbocycles. The summed E-state index contributed by atoms with van der Waals surface area (Å²) < 4.78 is 26.2. The van der Waals surface area contributed by atoms with E-state index in [0.717, 1.165) is 35.8 Å². The standard InChI is InChI=1S/C23H32N2O3S/c1-7-19-9-10-20(8-2)21(14-19)15-24-23(26)18(5)25(29(6,27)28)22-12-16(3)11-17(4)13-22/h9-14,18H,7-8,15H2,1-6H3,(H,24,26)/t18-/m0/s1. The molecule has 158 valence electrons. The van der Waals surface area contributed by atoms with E-state index < -0.39 is 16.1 Å². The number of carbonyl (C=O) groups is 1. The van der Waals surface area contributed by atoms with Crippen LogP contribution in [0.3, 0.4) is 0 Å². The summed E-state index contributed by atoms with van der Waals surface area (Å²) in [6.07, 6.45) is 2.94. The second-order valence-corrected chi connectivity index (χ2v) is 9.47. The van der Waals surface area contributed by atoms with Gasteiger partial charge in [0.2, 0.25) is 15.9 Å². The van der Waals surface area contributed by atoms with Gasteiger partial charge in [-0.3, -0.25) is 9.10 Å². The van der Waals surface area contributed by atoms with Gasteiger partial charge in [0.25, 0.3) is 0 Å². The highest BCUT2D eigenvalue weighted by Crippen LogP contribution is 2.24. The summed E-state index contributed by atoms with van der Waals surface area (Å²) in [6.45, 7) is 10.0. The van der Waals surface area contributed by atoms with Crippen molar-refractivity contribution in [3.63, 3.8) is 0 Å². The normalized spacial score (nSPS) is 12.5. The van der Waals surface area contributed by atoms with E-state index in [0.29, 0.717) is 12.2 Å². The molecule has 2 rings (SSSR count). The minimum absolute atomic E-state index is 0.321. The Hall–Kier alpha value is -2.34. The first-order chi connectivity index (χ1) is 13.6. The van der Waals surface area contributed by atoms with Crippen molar-refractivity contribution in [2.75, 3.05) is 10.6 Å². The van der Waals surface area contributed by atoms with E-state index in [1.807, 2.05) is 19.9 Å². The number of hydrogen-bond acceptors (Lipinski definition) is 3. The Morgan fingerprint density at radius 2 is 1.62 bits per heavy atom. The minimum atomic E-state index is -3.63. The van der Waals surface area contributed by atoms with Crippen molar-refractivity contribution in [2.45, 2.75) is 60.0 Å². The molecule has 0 radical (unpaired) electrons. The van der Waals surface area contributed by atoms with Crippen molar-refractivity contribution < 1.29 is 13.2 Å². The largest absolute Gasteiger partial charge is 0.350 e. The minimum Gasteiger partial charge on any atom is -0.350 e. The third-order valence-electron chi connectivity index (χ3n) is 5.06. The summed E-state index contributed by atoms with van der Waals surface area (Å²) in [4.78, 5) is 12.9. The molecule has 0 aromatic heterocycles. The monoisotopic (exact) mass is 416 g/mol. The highest BCUT2D eigenvalue weighted by atomic mass is 32.2. The average Bonchev–Trinajstić information content (AvgIpc) is 2.63. The summed E-state index contributed by atoms with van der Waals surface area (Å²) in [5, 5.41) is 2.93. The molecule has 0 unspecified atom stereocenters. The van der Waals surface area contributed by atoms with Crippen molar-refractivity contribution in [2.24, 2.45) is 0 Å². The van der Waals surface area contributed by atoms with Gasteiger partial charge in [-0.05, 0) is 73.6 Å². The molecule has 0 bridgehead atoms. The fourth-order valence-corrected chi connectivity index (χ4v) is 4.78. The Bertz CT molecular complexity index is 963. The predicted molar refractivity (Wildman–Crippen MR) is 120 cm³/mol. The van der Waals surface area contributed by atoms with Gasteiger partial charge < -0.3 is 5.32 Å². The van der Waals surface area contributed by atoms with E-state index in [1.165, 1.54) is 15.4 Å². The molecular weight excluding hydrogens is 384 g/mol. The second-order valence-electron chi connectivity index (χ2n) is 7.61. The highest BCUT2D eigenvalue weighted by Gasteiger charge is 2.29. The zero-order valence-corrected chi connectivity index (χ0v) is 19.1. The van der Waals surface area contributed by atoms with Gasteiger partial charge in [-0.15, -0.1) is 0 Å². The third-order valence-corrected chi connectivity index (χ3v) is 6.30. The fourth-order valence-electron chi connectivity index (χ4n) is 3.63. The lowest BCUT2D eigenvalue weighted by Gasteiger charge is -2.29. The molecule has 0 fully saturated rings. The first-order valence-corrected chi connectivity index (χ1v) is 11.9.